The normalized spacial score (nSPS) is 26.6. The largest absolute Gasteiger partial charge is 0.334 e. The SMILES string of the molecule is C[C@H]1CCc2c(sc3nc([C@H](C)[NH2+][C@@H]4CCS(=O)(=O)C4)[nH]c(=O)c23)C1. The number of nitrogens with zero attached hydrogens (tertiary/aromatic N) is 1. The zero-order chi connectivity index (χ0) is 17.8. The third-order valence-corrected chi connectivity index (χ3v) is 8.39. The number of hydrogen-bond acceptors (Lipinski definition) is 5. The topological polar surface area (TPSA) is 96.5 Å². The summed E-state index contributed by atoms with van der Waals surface area (Å²) in [5.74, 6) is 1.79. The predicted octanol–water partition coefficient (Wildman–Crippen LogP) is 0.921. The molecule has 8 heteroatoms. The van der Waals surface area contributed by atoms with Gasteiger partial charge in [0.2, 0.25) is 0 Å². The summed E-state index contributed by atoms with van der Waals surface area (Å²) in [7, 11) is -2.90. The molecule has 0 spiro atoms. The maximum atomic E-state index is 12.7. The minimum Gasteiger partial charge on any atom is -0.334 e. The van der Waals surface area contributed by atoms with Gasteiger partial charge < -0.3 is 10.3 Å². The number of nitrogens with two attached hydrogens (primary N) is 1. The number of rotatable bonds is 3. The maximum absolute atomic E-state index is 12.7. The van der Waals surface area contributed by atoms with Crippen LogP contribution in [-0.2, 0) is 22.7 Å². The molecule has 0 aromatic carbocycles. The van der Waals surface area contributed by atoms with Gasteiger partial charge in [-0.1, -0.05) is 6.92 Å². The van der Waals surface area contributed by atoms with E-state index in [1.165, 1.54) is 10.4 Å². The number of fused-ring (bicyclic) bond motifs is 3. The first-order valence-electron chi connectivity index (χ1n) is 8.92. The highest BCUT2D eigenvalue weighted by Crippen LogP contribution is 2.35. The molecule has 0 saturated carbocycles. The Morgan fingerprint density at radius 1 is 1.36 bits per heavy atom. The van der Waals surface area contributed by atoms with Crippen molar-refractivity contribution in [2.45, 2.75) is 51.6 Å². The number of aromatic nitrogens is 2. The summed E-state index contributed by atoms with van der Waals surface area (Å²) in [6.07, 6.45) is 3.79. The highest BCUT2D eigenvalue weighted by atomic mass is 32.2. The molecule has 3 heterocycles. The van der Waals surface area contributed by atoms with Crippen LogP contribution in [0.25, 0.3) is 10.2 Å². The van der Waals surface area contributed by atoms with Crippen LogP contribution in [0.5, 0.6) is 0 Å². The second-order valence-electron chi connectivity index (χ2n) is 7.63. The Morgan fingerprint density at radius 2 is 2.16 bits per heavy atom. The summed E-state index contributed by atoms with van der Waals surface area (Å²) >= 11 is 1.65. The molecule has 0 radical (unpaired) electrons. The molecule has 6 nitrogen and oxygen atoms in total. The fourth-order valence-electron chi connectivity index (χ4n) is 4.06. The van der Waals surface area contributed by atoms with Crippen LogP contribution in [0.2, 0.25) is 0 Å². The van der Waals surface area contributed by atoms with Crippen LogP contribution in [0.15, 0.2) is 4.79 Å². The maximum Gasteiger partial charge on any atom is 0.260 e. The Balaban J connectivity index is 1.64. The molecule has 0 amide bonds. The van der Waals surface area contributed by atoms with E-state index in [-0.39, 0.29) is 29.1 Å². The highest BCUT2D eigenvalue weighted by Gasteiger charge is 2.32. The van der Waals surface area contributed by atoms with Crippen molar-refractivity contribution in [3.05, 3.63) is 26.6 Å². The summed E-state index contributed by atoms with van der Waals surface area (Å²) in [6.45, 7) is 4.23. The van der Waals surface area contributed by atoms with Crippen molar-refractivity contribution < 1.29 is 13.7 Å². The molecule has 3 atom stereocenters. The number of H-pyrrole nitrogens is 1. The number of thiophene rings is 1. The Hall–Kier alpha value is -1.25. The number of quaternary nitrogens is 1. The van der Waals surface area contributed by atoms with Gasteiger partial charge in [0, 0.05) is 11.3 Å². The minimum absolute atomic E-state index is 0.0497. The number of hydrogen-bond donors (Lipinski definition) is 2. The molecular weight excluding hydrogens is 358 g/mol. The first kappa shape index (κ1) is 17.2. The van der Waals surface area contributed by atoms with Crippen molar-refractivity contribution in [3.63, 3.8) is 0 Å². The van der Waals surface area contributed by atoms with Gasteiger partial charge >= 0.3 is 0 Å². The Morgan fingerprint density at radius 3 is 2.88 bits per heavy atom. The fraction of sp³-hybridized carbons (Fsp3) is 0.647. The summed E-state index contributed by atoms with van der Waals surface area (Å²) < 4.78 is 23.3. The average molecular weight is 383 g/mol. The average Bonchev–Trinajstić information content (AvgIpc) is 3.06. The van der Waals surface area contributed by atoms with Gasteiger partial charge in [-0.25, -0.2) is 13.4 Å². The molecule has 1 fully saturated rings. The van der Waals surface area contributed by atoms with Crippen molar-refractivity contribution in [3.8, 4) is 0 Å². The van der Waals surface area contributed by atoms with Gasteiger partial charge in [0.1, 0.15) is 22.7 Å². The zero-order valence-electron chi connectivity index (χ0n) is 14.5. The molecule has 0 bridgehead atoms. The van der Waals surface area contributed by atoms with E-state index in [2.05, 4.69) is 11.9 Å². The summed E-state index contributed by atoms with van der Waals surface area (Å²) in [5, 5.41) is 2.80. The van der Waals surface area contributed by atoms with E-state index in [0.717, 1.165) is 29.5 Å². The second kappa shape index (κ2) is 6.17. The van der Waals surface area contributed by atoms with Crippen molar-refractivity contribution in [2.24, 2.45) is 5.92 Å². The van der Waals surface area contributed by atoms with Crippen LogP contribution in [0.3, 0.4) is 0 Å². The zero-order valence-corrected chi connectivity index (χ0v) is 16.2. The molecular formula is C17H24N3O3S2+. The van der Waals surface area contributed by atoms with E-state index in [1.807, 2.05) is 12.2 Å². The Labute approximate surface area is 151 Å². The lowest BCUT2D eigenvalue weighted by molar-refractivity contribution is -0.721. The number of aryl methyl sites for hydroxylation is 1. The number of nitrogens with one attached hydrogen (secondary N) is 1. The Bertz CT molecular complexity index is 977. The quantitative estimate of drug-likeness (QED) is 0.825. The molecule has 1 aliphatic carbocycles. The predicted molar refractivity (Wildman–Crippen MR) is 98.8 cm³/mol. The van der Waals surface area contributed by atoms with E-state index in [1.54, 1.807) is 11.3 Å². The van der Waals surface area contributed by atoms with Crippen molar-refractivity contribution >= 4 is 31.4 Å². The van der Waals surface area contributed by atoms with Crippen LogP contribution in [0.1, 0.15) is 49.0 Å². The summed E-state index contributed by atoms with van der Waals surface area (Å²) in [5.41, 5.74) is 1.14. The Kier molecular flexibility index (Phi) is 4.24. The molecule has 2 aromatic rings. The van der Waals surface area contributed by atoms with Crippen LogP contribution in [0, 0.1) is 5.92 Å². The monoisotopic (exact) mass is 382 g/mol. The smallest absolute Gasteiger partial charge is 0.260 e. The van der Waals surface area contributed by atoms with E-state index in [4.69, 9.17) is 4.98 Å². The summed E-state index contributed by atoms with van der Waals surface area (Å²) in [4.78, 5) is 22.5. The van der Waals surface area contributed by atoms with E-state index in [0.29, 0.717) is 18.2 Å². The van der Waals surface area contributed by atoms with E-state index >= 15 is 0 Å². The van der Waals surface area contributed by atoms with Crippen molar-refractivity contribution in [2.75, 3.05) is 11.5 Å². The van der Waals surface area contributed by atoms with Gasteiger partial charge in [-0.05, 0) is 37.7 Å². The molecule has 1 aliphatic heterocycles. The summed E-state index contributed by atoms with van der Waals surface area (Å²) in [6, 6.07) is -0.00755. The first-order chi connectivity index (χ1) is 11.8. The molecule has 0 unspecified atom stereocenters. The molecule has 2 aliphatic rings. The number of aromatic amines is 1. The van der Waals surface area contributed by atoms with Gasteiger partial charge in [0.15, 0.2) is 15.7 Å². The lowest BCUT2D eigenvalue weighted by atomic mass is 9.89. The third-order valence-electron chi connectivity index (χ3n) is 5.44. The standard InChI is InChI=1S/C17H23N3O3S2/c1-9-3-4-12-13(7-9)24-17-14(12)16(21)19-15(20-17)10(2)18-11-5-6-25(22,23)8-11/h9-11,18H,3-8H2,1-2H3,(H,19,20,21)/p+1/t9-,10-,11+/m0/s1. The number of sulfone groups is 1. The minimum atomic E-state index is -2.90. The highest BCUT2D eigenvalue weighted by molar-refractivity contribution is 7.91. The van der Waals surface area contributed by atoms with Crippen LogP contribution < -0.4 is 10.9 Å². The molecule has 3 N–H and O–H groups in total. The van der Waals surface area contributed by atoms with E-state index < -0.39 is 9.84 Å². The van der Waals surface area contributed by atoms with Gasteiger partial charge in [-0.3, -0.25) is 4.79 Å². The third kappa shape index (κ3) is 3.27. The molecule has 136 valence electrons. The van der Waals surface area contributed by atoms with Gasteiger partial charge in [0.05, 0.1) is 11.1 Å². The van der Waals surface area contributed by atoms with Crippen molar-refractivity contribution in [1.82, 2.24) is 9.97 Å². The van der Waals surface area contributed by atoms with Crippen LogP contribution >= 0.6 is 11.3 Å². The fourth-order valence-corrected chi connectivity index (χ4v) is 7.21. The molecule has 2 aromatic heterocycles. The van der Waals surface area contributed by atoms with Gasteiger partial charge in [-0.15, -0.1) is 11.3 Å². The van der Waals surface area contributed by atoms with E-state index in [9.17, 15) is 13.2 Å². The van der Waals surface area contributed by atoms with Gasteiger partial charge in [-0.2, -0.15) is 0 Å². The molecule has 25 heavy (non-hydrogen) atoms. The molecule has 1 saturated heterocycles. The first-order valence-corrected chi connectivity index (χ1v) is 11.6. The lowest BCUT2D eigenvalue weighted by Gasteiger charge is -2.17. The van der Waals surface area contributed by atoms with Crippen LogP contribution in [-0.4, -0.2) is 35.9 Å². The van der Waals surface area contributed by atoms with Gasteiger partial charge in [0.25, 0.3) is 5.56 Å². The molecule has 4 rings (SSSR count). The van der Waals surface area contributed by atoms with Crippen molar-refractivity contribution in [1.29, 1.82) is 0 Å². The second-order valence-corrected chi connectivity index (χ2v) is 10.9. The lowest BCUT2D eigenvalue weighted by Crippen LogP contribution is -2.91. The van der Waals surface area contributed by atoms with Crippen LogP contribution in [0.4, 0.5) is 0 Å².